The van der Waals surface area contributed by atoms with Crippen molar-refractivity contribution in [2.24, 2.45) is 23.0 Å². The molecule has 13 nitrogen and oxygen atoms in total. The number of amides is 4. The van der Waals surface area contributed by atoms with Crippen LogP contribution in [-0.4, -0.2) is 89.4 Å². The number of aliphatic hydroxyl groups excluding tert-OH is 1. The third-order valence-corrected chi connectivity index (χ3v) is 8.33. The molecule has 1 saturated heterocycles. The van der Waals surface area contributed by atoms with E-state index < -0.39 is 59.3 Å². The maximum Gasteiger partial charge on any atom is 0.245 e. The quantitative estimate of drug-likeness (QED) is 0.0658. The minimum atomic E-state index is -1.29. The first-order valence-corrected chi connectivity index (χ1v) is 15.9. The van der Waals surface area contributed by atoms with E-state index in [0.29, 0.717) is 18.5 Å². The van der Waals surface area contributed by atoms with Crippen molar-refractivity contribution in [3.05, 3.63) is 11.3 Å². The predicted octanol–water partition coefficient (Wildman–Crippen LogP) is -0.527. The van der Waals surface area contributed by atoms with Crippen molar-refractivity contribution in [2.75, 3.05) is 18.8 Å². The summed E-state index contributed by atoms with van der Waals surface area (Å²) in [5.74, 6) is -3.56. The Labute approximate surface area is 265 Å². The van der Waals surface area contributed by atoms with Gasteiger partial charge in [-0.1, -0.05) is 48.0 Å². The molecule has 0 unspecified atom stereocenters. The van der Waals surface area contributed by atoms with Gasteiger partial charge < -0.3 is 37.4 Å². The number of allylic oxidation sites excluding steroid dienone is 2. The Kier molecular flexibility index (Phi) is 13.8. The van der Waals surface area contributed by atoms with Crippen LogP contribution >= 0.6 is 12.6 Å². The minimum absolute atomic E-state index is 0.0542. The highest BCUT2D eigenvalue weighted by atomic mass is 32.1. The number of Topliss-reactive ketones (excluding diaryl/α,β-unsaturated/α-hetero) is 2. The molecule has 6 atom stereocenters. The molecule has 2 aliphatic rings. The van der Waals surface area contributed by atoms with E-state index >= 15 is 0 Å². The third kappa shape index (κ3) is 10.6. The Morgan fingerprint density at radius 1 is 1.02 bits per heavy atom. The maximum atomic E-state index is 13.6. The average Bonchev–Trinajstić information content (AvgIpc) is 3.36. The molecule has 0 bridgehead atoms. The molecule has 1 aliphatic heterocycles. The normalized spacial score (nSPS) is 22.5. The number of carbonyl (C=O) groups excluding carboxylic acids is 6. The second-order valence-corrected chi connectivity index (χ2v) is 13.5. The number of rotatable bonds is 15. The van der Waals surface area contributed by atoms with E-state index in [1.54, 1.807) is 6.92 Å². The molecule has 14 heteroatoms. The molecule has 0 radical (unpaired) electrons. The standard InChI is InChI=1S/C30H50N6O7S/c1-7-16(4)25(36-27(41)19-9-17(37)12-32-19)29(43)34-20(28(42)35-21(14-44)26(31)40)13-33-18(8-15(2)3)24-22(38)10-30(5,6)11-23(24)39/h15-17,19-21,25,32-33,37,44H,7-14H2,1-6H3,(H2,31,40)(H,34,43)(H,35,42)(H,36,41)/t16-,17+,19-,20-,21-,25-/m0/s1. The van der Waals surface area contributed by atoms with Gasteiger partial charge in [0.2, 0.25) is 23.6 Å². The van der Waals surface area contributed by atoms with E-state index in [2.05, 4.69) is 39.2 Å². The van der Waals surface area contributed by atoms with E-state index in [0.717, 1.165) is 0 Å². The number of nitrogens with two attached hydrogens (primary N) is 1. The van der Waals surface area contributed by atoms with Crippen molar-refractivity contribution >= 4 is 47.8 Å². The van der Waals surface area contributed by atoms with Crippen LogP contribution in [0.3, 0.4) is 0 Å². The van der Waals surface area contributed by atoms with Gasteiger partial charge in [-0.2, -0.15) is 12.6 Å². The van der Waals surface area contributed by atoms with Gasteiger partial charge in [0, 0.05) is 37.4 Å². The van der Waals surface area contributed by atoms with Crippen LogP contribution in [0.5, 0.6) is 0 Å². The predicted molar refractivity (Wildman–Crippen MR) is 168 cm³/mol. The molecule has 0 aromatic heterocycles. The third-order valence-electron chi connectivity index (χ3n) is 7.96. The fourth-order valence-corrected chi connectivity index (χ4v) is 5.59. The molecule has 1 aliphatic carbocycles. The summed E-state index contributed by atoms with van der Waals surface area (Å²) in [7, 11) is 0. The number of primary amides is 1. The highest BCUT2D eigenvalue weighted by Crippen LogP contribution is 2.35. The lowest BCUT2D eigenvalue weighted by Gasteiger charge is -2.31. The molecule has 0 aromatic rings. The van der Waals surface area contributed by atoms with Crippen LogP contribution in [-0.2, 0) is 28.8 Å². The smallest absolute Gasteiger partial charge is 0.245 e. The molecule has 2 fully saturated rings. The van der Waals surface area contributed by atoms with Gasteiger partial charge in [-0.05, 0) is 30.1 Å². The summed E-state index contributed by atoms with van der Waals surface area (Å²) in [5.41, 5.74) is 5.39. The van der Waals surface area contributed by atoms with Crippen molar-refractivity contribution in [1.82, 2.24) is 26.6 Å². The topological polar surface area (TPSA) is 209 Å². The van der Waals surface area contributed by atoms with Crippen LogP contribution in [0.1, 0.15) is 73.6 Å². The molecular weight excluding hydrogens is 588 g/mol. The first-order chi connectivity index (χ1) is 20.5. The van der Waals surface area contributed by atoms with E-state index in [-0.39, 0.29) is 67.1 Å². The lowest BCUT2D eigenvalue weighted by molar-refractivity contribution is -0.134. The second kappa shape index (κ2) is 16.4. The summed E-state index contributed by atoms with van der Waals surface area (Å²) in [6.45, 7) is 11.3. The van der Waals surface area contributed by atoms with Crippen LogP contribution in [0.2, 0.25) is 0 Å². The summed E-state index contributed by atoms with van der Waals surface area (Å²) in [4.78, 5) is 78.0. The van der Waals surface area contributed by atoms with Crippen LogP contribution in [0, 0.1) is 17.3 Å². The largest absolute Gasteiger partial charge is 0.392 e. The number of hydrogen-bond donors (Lipinski definition) is 8. The van der Waals surface area contributed by atoms with Crippen molar-refractivity contribution in [2.45, 2.75) is 104 Å². The summed E-state index contributed by atoms with van der Waals surface area (Å²) < 4.78 is 0. The van der Waals surface area contributed by atoms with Gasteiger partial charge in [0.05, 0.1) is 17.7 Å². The fraction of sp³-hybridized carbons (Fsp3) is 0.733. The van der Waals surface area contributed by atoms with Crippen molar-refractivity contribution in [1.29, 1.82) is 0 Å². The number of carbonyl (C=O) groups is 6. The van der Waals surface area contributed by atoms with E-state index in [4.69, 9.17) is 5.73 Å². The lowest BCUT2D eigenvalue weighted by atomic mass is 9.73. The Bertz CT molecular complexity index is 1120. The van der Waals surface area contributed by atoms with Crippen LogP contribution in [0.15, 0.2) is 11.3 Å². The molecule has 248 valence electrons. The molecule has 1 saturated carbocycles. The number of aliphatic hydroxyl groups is 1. The van der Waals surface area contributed by atoms with E-state index in [1.807, 2.05) is 34.6 Å². The first kappa shape index (κ1) is 37.2. The van der Waals surface area contributed by atoms with Crippen LogP contribution in [0.4, 0.5) is 0 Å². The average molecular weight is 639 g/mol. The number of nitrogens with one attached hydrogen (secondary N) is 5. The second-order valence-electron chi connectivity index (χ2n) is 13.1. The molecule has 2 rings (SSSR count). The number of ketones is 2. The summed E-state index contributed by atoms with van der Waals surface area (Å²) in [6, 6.07) is -4.09. The molecule has 44 heavy (non-hydrogen) atoms. The SMILES string of the molecule is CC[C@H](C)[C@H](NC(=O)[C@@H]1C[C@@H](O)CN1)C(=O)N[C@@H](CNC(CC(C)C)=C1C(=O)CC(C)(C)CC1=O)C(=O)N[C@@H](CS)C(N)=O. The Morgan fingerprint density at radius 3 is 2.09 bits per heavy atom. The number of β-amino-alcohol motifs (C(OH)–C–C–N with tert-alkyl or cyclic N) is 1. The zero-order chi connectivity index (χ0) is 33.4. The molecule has 4 amide bonds. The molecule has 0 aromatic carbocycles. The Balaban J connectivity index is 2.37. The molecule has 1 heterocycles. The van der Waals surface area contributed by atoms with E-state index in [1.165, 1.54) is 0 Å². The lowest BCUT2D eigenvalue weighted by Crippen LogP contribution is -2.61. The van der Waals surface area contributed by atoms with Gasteiger partial charge in [0.15, 0.2) is 11.6 Å². The molecular formula is C30H50N6O7S. The van der Waals surface area contributed by atoms with Crippen molar-refractivity contribution < 1.29 is 33.9 Å². The highest BCUT2D eigenvalue weighted by Gasteiger charge is 2.38. The van der Waals surface area contributed by atoms with Crippen molar-refractivity contribution in [3.63, 3.8) is 0 Å². The molecule has 0 spiro atoms. The fourth-order valence-electron chi connectivity index (χ4n) is 5.32. The van der Waals surface area contributed by atoms with Gasteiger partial charge in [-0.25, -0.2) is 0 Å². The minimum Gasteiger partial charge on any atom is -0.392 e. The van der Waals surface area contributed by atoms with E-state index in [9.17, 15) is 33.9 Å². The summed E-state index contributed by atoms with van der Waals surface area (Å²) in [5, 5.41) is 23.7. The Morgan fingerprint density at radius 2 is 1.61 bits per heavy atom. The number of hydrogen-bond acceptors (Lipinski definition) is 10. The van der Waals surface area contributed by atoms with Gasteiger partial charge in [-0.3, -0.25) is 28.8 Å². The monoisotopic (exact) mass is 638 g/mol. The van der Waals surface area contributed by atoms with Crippen molar-refractivity contribution in [3.8, 4) is 0 Å². The summed E-state index contributed by atoms with van der Waals surface area (Å²) >= 11 is 4.08. The number of thiol groups is 1. The zero-order valence-electron chi connectivity index (χ0n) is 26.6. The van der Waals surface area contributed by atoms with Crippen LogP contribution < -0.4 is 32.3 Å². The first-order valence-electron chi connectivity index (χ1n) is 15.3. The van der Waals surface area contributed by atoms with Gasteiger partial charge >= 0.3 is 0 Å². The summed E-state index contributed by atoms with van der Waals surface area (Å²) in [6.07, 6.45) is 0.807. The Hall–Kier alpha value is -2.97. The van der Waals surface area contributed by atoms with Gasteiger partial charge in [0.25, 0.3) is 0 Å². The zero-order valence-corrected chi connectivity index (χ0v) is 27.5. The maximum absolute atomic E-state index is 13.6. The van der Waals surface area contributed by atoms with Gasteiger partial charge in [0.1, 0.15) is 18.1 Å². The van der Waals surface area contributed by atoms with Crippen LogP contribution in [0.25, 0.3) is 0 Å². The molecule has 8 N–H and O–H groups in total. The highest BCUT2D eigenvalue weighted by molar-refractivity contribution is 7.80. The van der Waals surface area contributed by atoms with Gasteiger partial charge in [-0.15, -0.1) is 0 Å².